The summed E-state index contributed by atoms with van der Waals surface area (Å²) in [6.07, 6.45) is 0. The molecule has 0 atom stereocenters. The smallest absolute Gasteiger partial charge is 0.118 e. The zero-order valence-electron chi connectivity index (χ0n) is 4.39. The molecule has 0 unspecified atom stereocenters. The molecule has 0 saturated heterocycles. The van der Waals surface area contributed by atoms with Crippen molar-refractivity contribution in [2.45, 2.75) is 13.8 Å². The summed E-state index contributed by atoms with van der Waals surface area (Å²) in [5.74, 6) is 0.299. The molecule has 0 aromatic heterocycles. The molecule has 7 heavy (non-hydrogen) atoms. The number of rotatable bonds is 0. The number of nitrogens with one attached hydrogen (secondary N) is 1. The molecule has 2 nitrogen and oxygen atoms in total. The highest BCUT2D eigenvalue weighted by molar-refractivity contribution is 7.96. The summed E-state index contributed by atoms with van der Waals surface area (Å²) in [5, 5.41) is 7.42. The van der Waals surface area contributed by atoms with Crippen molar-refractivity contribution in [1.82, 2.24) is 0 Å². The van der Waals surface area contributed by atoms with Crippen molar-refractivity contribution in [2.24, 2.45) is 4.99 Å². The van der Waals surface area contributed by atoms with Crippen molar-refractivity contribution >= 4 is 23.5 Å². The van der Waals surface area contributed by atoms with Gasteiger partial charge < -0.3 is 0 Å². The van der Waals surface area contributed by atoms with Crippen molar-refractivity contribution in [2.75, 3.05) is 0 Å². The van der Waals surface area contributed by atoms with Gasteiger partial charge >= 0.3 is 0 Å². The van der Waals surface area contributed by atoms with Gasteiger partial charge in [0.25, 0.3) is 0 Å². The van der Waals surface area contributed by atoms with Crippen molar-refractivity contribution < 1.29 is 0 Å². The Morgan fingerprint density at radius 2 is 2.00 bits per heavy atom. The van der Waals surface area contributed by atoms with Gasteiger partial charge in [-0.1, -0.05) is 0 Å². The molecule has 0 aromatic rings. The van der Waals surface area contributed by atoms with E-state index in [-0.39, 0.29) is 0 Å². The minimum atomic E-state index is 0.299. The van der Waals surface area contributed by atoms with Crippen LogP contribution in [0.3, 0.4) is 0 Å². The number of nitrogens with zero attached hydrogens (tertiary/aromatic N) is 1. The summed E-state index contributed by atoms with van der Waals surface area (Å²) in [7, 11) is 0. The monoisotopic (exact) mass is 116 g/mol. The number of thiol groups is 1. The van der Waals surface area contributed by atoms with Crippen molar-refractivity contribution in [3.63, 3.8) is 0 Å². The van der Waals surface area contributed by atoms with E-state index in [0.29, 0.717) is 10.9 Å². The van der Waals surface area contributed by atoms with Gasteiger partial charge in [0.05, 0.1) is 5.04 Å². The van der Waals surface area contributed by atoms with Gasteiger partial charge in [-0.2, -0.15) is 0 Å². The highest BCUT2D eigenvalue weighted by atomic mass is 32.1. The Labute approximate surface area is 48.6 Å². The van der Waals surface area contributed by atoms with Crippen LogP contribution in [0.25, 0.3) is 0 Å². The molecule has 0 bridgehead atoms. The number of amidine groups is 1. The standard InChI is InChI=1S/C4H8N2S/c1-3(5)6-4(2)7/h1-2H3,(H2,5,6,7). The summed E-state index contributed by atoms with van der Waals surface area (Å²) in [6, 6.07) is 0. The molecule has 0 fully saturated rings. The molecular formula is C4H8N2S. The molecule has 3 heteroatoms. The lowest BCUT2D eigenvalue weighted by Gasteiger charge is -1.83. The van der Waals surface area contributed by atoms with Crippen LogP contribution < -0.4 is 0 Å². The normalized spacial score (nSPS) is 11.6. The summed E-state index contributed by atoms with van der Waals surface area (Å²) < 4.78 is 0. The van der Waals surface area contributed by atoms with Crippen LogP contribution in [0, 0.1) is 5.41 Å². The van der Waals surface area contributed by atoms with E-state index in [2.05, 4.69) is 17.6 Å². The Morgan fingerprint density at radius 1 is 1.57 bits per heavy atom. The van der Waals surface area contributed by atoms with E-state index in [1.165, 1.54) is 0 Å². The third-order valence-electron chi connectivity index (χ3n) is 0.330. The molecule has 40 valence electrons. The second kappa shape index (κ2) is 2.80. The zero-order valence-corrected chi connectivity index (χ0v) is 5.29. The summed E-state index contributed by atoms with van der Waals surface area (Å²) in [6.45, 7) is 3.35. The van der Waals surface area contributed by atoms with Crippen LogP contribution in [0.15, 0.2) is 4.99 Å². The van der Waals surface area contributed by atoms with Gasteiger partial charge in [0, 0.05) is 0 Å². The predicted octanol–water partition coefficient (Wildman–Crippen LogP) is 1.33. The third kappa shape index (κ3) is 5.69. The second-order valence-corrected chi connectivity index (χ2v) is 1.89. The molecule has 0 spiro atoms. The lowest BCUT2D eigenvalue weighted by Crippen LogP contribution is -1.84. The zero-order chi connectivity index (χ0) is 5.86. The topological polar surface area (TPSA) is 36.2 Å². The maximum absolute atomic E-state index is 6.79. The van der Waals surface area contributed by atoms with E-state index in [4.69, 9.17) is 5.41 Å². The molecule has 0 radical (unpaired) electrons. The first-order valence-corrected chi connectivity index (χ1v) is 2.37. The third-order valence-corrected chi connectivity index (χ3v) is 0.430. The Balaban J connectivity index is 3.68. The van der Waals surface area contributed by atoms with Crippen molar-refractivity contribution in [3.05, 3.63) is 0 Å². The molecule has 0 amide bonds. The molecule has 0 aromatic carbocycles. The first-order valence-electron chi connectivity index (χ1n) is 1.92. The molecule has 0 rings (SSSR count). The number of hydrogen-bond donors (Lipinski definition) is 2. The second-order valence-electron chi connectivity index (χ2n) is 1.24. The molecule has 0 heterocycles. The molecular weight excluding hydrogens is 108 g/mol. The van der Waals surface area contributed by atoms with Crippen LogP contribution in [0.5, 0.6) is 0 Å². The molecule has 0 aliphatic carbocycles. The quantitative estimate of drug-likeness (QED) is 0.272. The predicted molar refractivity (Wildman–Crippen MR) is 35.5 cm³/mol. The van der Waals surface area contributed by atoms with Gasteiger partial charge in [0.15, 0.2) is 0 Å². The fraction of sp³-hybridized carbons (Fsp3) is 0.500. The Hall–Kier alpha value is -0.310. The Kier molecular flexibility index (Phi) is 2.67. The fourth-order valence-corrected chi connectivity index (χ4v) is 0.393. The van der Waals surface area contributed by atoms with Crippen LogP contribution >= 0.6 is 12.6 Å². The van der Waals surface area contributed by atoms with E-state index in [1.807, 2.05) is 0 Å². The summed E-state index contributed by atoms with van der Waals surface area (Å²) in [4.78, 5) is 3.64. The molecule has 0 aliphatic heterocycles. The molecule has 1 N–H and O–H groups in total. The first-order chi connectivity index (χ1) is 3.13. The maximum atomic E-state index is 6.79. The largest absolute Gasteiger partial charge is 0.287 e. The molecule has 0 saturated carbocycles. The average Bonchev–Trinajstić information content (AvgIpc) is 1.27. The van der Waals surface area contributed by atoms with E-state index in [9.17, 15) is 0 Å². The molecule has 0 aliphatic rings. The van der Waals surface area contributed by atoms with E-state index in [0.717, 1.165) is 0 Å². The van der Waals surface area contributed by atoms with Gasteiger partial charge in [-0.3, -0.25) is 5.41 Å². The highest BCUT2D eigenvalue weighted by Gasteiger charge is 1.77. The minimum Gasteiger partial charge on any atom is -0.287 e. The van der Waals surface area contributed by atoms with Gasteiger partial charge in [-0.25, -0.2) is 4.99 Å². The van der Waals surface area contributed by atoms with Crippen molar-refractivity contribution in [1.29, 1.82) is 5.41 Å². The van der Waals surface area contributed by atoms with Crippen LogP contribution in [-0.2, 0) is 0 Å². The lowest BCUT2D eigenvalue weighted by molar-refractivity contribution is 1.41. The van der Waals surface area contributed by atoms with Crippen LogP contribution in [-0.4, -0.2) is 10.9 Å². The van der Waals surface area contributed by atoms with Crippen LogP contribution in [0.2, 0.25) is 0 Å². The maximum Gasteiger partial charge on any atom is 0.118 e. The summed E-state index contributed by atoms with van der Waals surface area (Å²) in [5.41, 5.74) is 0. The van der Waals surface area contributed by atoms with E-state index < -0.39 is 0 Å². The lowest BCUT2D eigenvalue weighted by atomic mass is 10.7. The van der Waals surface area contributed by atoms with E-state index in [1.54, 1.807) is 13.8 Å². The van der Waals surface area contributed by atoms with Crippen LogP contribution in [0.4, 0.5) is 0 Å². The summed E-state index contributed by atoms with van der Waals surface area (Å²) >= 11 is 3.85. The number of hydrogen-bond acceptors (Lipinski definition) is 1. The van der Waals surface area contributed by atoms with Gasteiger partial charge in [0.2, 0.25) is 0 Å². The Bertz CT molecular complexity index is 102. The first kappa shape index (κ1) is 6.69. The average molecular weight is 116 g/mol. The number of aliphatic imine (C=N–C) groups is 1. The van der Waals surface area contributed by atoms with Crippen molar-refractivity contribution in [3.8, 4) is 0 Å². The fourth-order valence-electron chi connectivity index (χ4n) is 0.243. The SMILES string of the molecule is CC(=N)/N=C(\C)S. The van der Waals surface area contributed by atoms with Gasteiger partial charge in [0.1, 0.15) is 5.84 Å². The highest BCUT2D eigenvalue weighted by Crippen LogP contribution is 1.81. The van der Waals surface area contributed by atoms with Gasteiger partial charge in [-0.05, 0) is 13.8 Å². The minimum absolute atomic E-state index is 0.299. The van der Waals surface area contributed by atoms with Crippen LogP contribution in [0.1, 0.15) is 13.8 Å². The van der Waals surface area contributed by atoms with E-state index >= 15 is 0 Å². The van der Waals surface area contributed by atoms with Gasteiger partial charge in [-0.15, -0.1) is 12.6 Å². The Morgan fingerprint density at radius 3 is 2.00 bits per heavy atom.